The molecule has 0 spiro atoms. The molecule has 3 atom stereocenters. The largest absolute Gasteiger partial charge is 0.326 e. The highest BCUT2D eigenvalue weighted by Crippen LogP contribution is 2.24. The zero-order valence-electron chi connectivity index (χ0n) is 12.1. The topological polar surface area (TPSA) is 42.2 Å². The predicted octanol–water partition coefficient (Wildman–Crippen LogP) is 2.84. The van der Waals surface area contributed by atoms with Gasteiger partial charge in [0.1, 0.15) is 0 Å². The summed E-state index contributed by atoms with van der Waals surface area (Å²) in [7, 11) is 2.17. The van der Waals surface area contributed by atoms with E-state index in [9.17, 15) is 0 Å². The fourth-order valence-corrected chi connectivity index (χ4v) is 2.35. The second-order valence-corrected chi connectivity index (χ2v) is 5.25. The maximum Gasteiger partial charge on any atom is 0.0497 e. The monoisotopic (exact) mass is 249 g/mol. The zero-order valence-corrected chi connectivity index (χ0v) is 12.1. The maximum absolute atomic E-state index is 6.31. The summed E-state index contributed by atoms with van der Waals surface area (Å²) in [5, 5.41) is 0. The van der Waals surface area contributed by atoms with Crippen LogP contribution in [0.1, 0.15) is 45.2 Å². The predicted molar refractivity (Wildman–Crippen MR) is 77.3 cm³/mol. The number of aromatic nitrogens is 1. The first-order valence-corrected chi connectivity index (χ1v) is 6.95. The molecule has 1 aromatic rings. The van der Waals surface area contributed by atoms with Crippen LogP contribution in [-0.4, -0.2) is 29.5 Å². The molecule has 3 heteroatoms. The lowest BCUT2D eigenvalue weighted by atomic mass is 9.96. The van der Waals surface area contributed by atoms with Gasteiger partial charge in [0.15, 0.2) is 0 Å². The van der Waals surface area contributed by atoms with Crippen molar-refractivity contribution in [2.45, 2.75) is 45.7 Å². The van der Waals surface area contributed by atoms with Crippen molar-refractivity contribution in [3.05, 3.63) is 30.1 Å². The molecule has 1 rings (SSSR count). The van der Waals surface area contributed by atoms with E-state index < -0.39 is 0 Å². The number of pyridine rings is 1. The first kappa shape index (κ1) is 15.1. The van der Waals surface area contributed by atoms with Crippen molar-refractivity contribution in [1.29, 1.82) is 0 Å². The molecule has 0 aromatic carbocycles. The minimum Gasteiger partial charge on any atom is -0.326 e. The van der Waals surface area contributed by atoms with Crippen LogP contribution >= 0.6 is 0 Å². The van der Waals surface area contributed by atoms with E-state index in [0.717, 1.165) is 13.0 Å². The van der Waals surface area contributed by atoms with Crippen LogP contribution in [0.3, 0.4) is 0 Å². The van der Waals surface area contributed by atoms with E-state index in [0.29, 0.717) is 5.92 Å². The average molecular weight is 249 g/mol. The first-order valence-electron chi connectivity index (χ1n) is 6.95. The van der Waals surface area contributed by atoms with Gasteiger partial charge in [-0.1, -0.05) is 27.2 Å². The zero-order chi connectivity index (χ0) is 13.5. The third-order valence-electron chi connectivity index (χ3n) is 3.70. The molecule has 0 bridgehead atoms. The van der Waals surface area contributed by atoms with Gasteiger partial charge in [-0.3, -0.25) is 9.88 Å². The Hall–Kier alpha value is -0.930. The van der Waals surface area contributed by atoms with Gasteiger partial charge >= 0.3 is 0 Å². The van der Waals surface area contributed by atoms with Gasteiger partial charge < -0.3 is 5.73 Å². The van der Waals surface area contributed by atoms with E-state index in [4.69, 9.17) is 5.73 Å². The SMILES string of the molecule is CCC(C)CN(C)C(c1ccncc1)C(N)CC. The Labute approximate surface area is 111 Å². The first-order chi connectivity index (χ1) is 8.60. The van der Waals surface area contributed by atoms with Crippen molar-refractivity contribution in [2.75, 3.05) is 13.6 Å². The Balaban J connectivity index is 2.85. The summed E-state index contributed by atoms with van der Waals surface area (Å²) in [6.07, 6.45) is 5.89. The van der Waals surface area contributed by atoms with Gasteiger partial charge in [-0.25, -0.2) is 0 Å². The Morgan fingerprint density at radius 3 is 2.33 bits per heavy atom. The molecular formula is C15H27N3. The Bertz CT molecular complexity index is 326. The number of nitrogens with two attached hydrogens (primary N) is 1. The summed E-state index contributed by atoms with van der Waals surface area (Å²) >= 11 is 0. The molecule has 0 fully saturated rings. The summed E-state index contributed by atoms with van der Waals surface area (Å²) in [4.78, 5) is 6.48. The fraction of sp³-hybridized carbons (Fsp3) is 0.667. The Morgan fingerprint density at radius 1 is 1.22 bits per heavy atom. The smallest absolute Gasteiger partial charge is 0.0497 e. The molecule has 3 nitrogen and oxygen atoms in total. The van der Waals surface area contributed by atoms with Crippen molar-refractivity contribution < 1.29 is 0 Å². The van der Waals surface area contributed by atoms with E-state index >= 15 is 0 Å². The van der Waals surface area contributed by atoms with Gasteiger partial charge in [0.2, 0.25) is 0 Å². The molecule has 0 radical (unpaired) electrons. The summed E-state index contributed by atoms with van der Waals surface area (Å²) in [5.41, 5.74) is 7.57. The molecule has 1 aromatic heterocycles. The average Bonchev–Trinajstić information content (AvgIpc) is 2.39. The molecule has 102 valence electrons. The number of hydrogen-bond donors (Lipinski definition) is 1. The molecular weight excluding hydrogens is 222 g/mol. The summed E-state index contributed by atoms with van der Waals surface area (Å²) in [6, 6.07) is 4.61. The van der Waals surface area contributed by atoms with E-state index in [1.165, 1.54) is 12.0 Å². The number of hydrogen-bond acceptors (Lipinski definition) is 3. The van der Waals surface area contributed by atoms with E-state index in [1.807, 2.05) is 12.4 Å². The number of likely N-dealkylation sites (N-methyl/N-ethyl adjacent to an activating group) is 1. The van der Waals surface area contributed by atoms with Crippen LogP contribution in [0.4, 0.5) is 0 Å². The highest BCUT2D eigenvalue weighted by molar-refractivity contribution is 5.17. The Morgan fingerprint density at radius 2 is 1.83 bits per heavy atom. The molecule has 0 aliphatic carbocycles. The van der Waals surface area contributed by atoms with E-state index in [1.54, 1.807) is 0 Å². The van der Waals surface area contributed by atoms with Crippen LogP contribution in [0.15, 0.2) is 24.5 Å². The van der Waals surface area contributed by atoms with Crippen LogP contribution in [0.2, 0.25) is 0 Å². The molecule has 18 heavy (non-hydrogen) atoms. The summed E-state index contributed by atoms with van der Waals surface area (Å²) in [6.45, 7) is 7.75. The van der Waals surface area contributed by atoms with Gasteiger partial charge in [-0.05, 0) is 37.1 Å². The highest BCUT2D eigenvalue weighted by atomic mass is 15.1. The lowest BCUT2D eigenvalue weighted by Gasteiger charge is -2.34. The normalized spacial score (nSPS) is 16.6. The van der Waals surface area contributed by atoms with Gasteiger partial charge in [0.25, 0.3) is 0 Å². The standard InChI is InChI=1S/C15H27N3/c1-5-12(3)11-18(4)15(14(16)6-2)13-7-9-17-10-8-13/h7-10,12,14-15H,5-6,11,16H2,1-4H3. The van der Waals surface area contributed by atoms with Crippen LogP contribution in [-0.2, 0) is 0 Å². The maximum atomic E-state index is 6.31. The number of nitrogens with zero attached hydrogens (tertiary/aromatic N) is 2. The molecule has 0 aliphatic heterocycles. The third kappa shape index (κ3) is 4.07. The van der Waals surface area contributed by atoms with Crippen molar-refractivity contribution in [1.82, 2.24) is 9.88 Å². The molecule has 1 heterocycles. The minimum absolute atomic E-state index is 0.168. The van der Waals surface area contributed by atoms with E-state index in [2.05, 4.69) is 49.8 Å². The van der Waals surface area contributed by atoms with Crippen LogP contribution in [0.5, 0.6) is 0 Å². The fourth-order valence-electron chi connectivity index (χ4n) is 2.35. The minimum atomic E-state index is 0.168. The summed E-state index contributed by atoms with van der Waals surface area (Å²) in [5.74, 6) is 0.698. The van der Waals surface area contributed by atoms with Crippen LogP contribution < -0.4 is 5.73 Å². The van der Waals surface area contributed by atoms with Crippen LogP contribution in [0.25, 0.3) is 0 Å². The Kier molecular flexibility index (Phi) is 6.30. The molecule has 0 amide bonds. The van der Waals surface area contributed by atoms with E-state index in [-0.39, 0.29) is 12.1 Å². The van der Waals surface area contributed by atoms with Gasteiger partial charge in [-0.15, -0.1) is 0 Å². The molecule has 3 unspecified atom stereocenters. The van der Waals surface area contributed by atoms with Gasteiger partial charge in [0, 0.05) is 31.0 Å². The summed E-state index contributed by atoms with van der Waals surface area (Å²) < 4.78 is 0. The molecule has 0 saturated carbocycles. The molecule has 0 aliphatic rings. The van der Waals surface area contributed by atoms with Crippen molar-refractivity contribution >= 4 is 0 Å². The lowest BCUT2D eigenvalue weighted by molar-refractivity contribution is 0.182. The van der Waals surface area contributed by atoms with Crippen molar-refractivity contribution in [3.8, 4) is 0 Å². The van der Waals surface area contributed by atoms with Crippen molar-refractivity contribution in [2.24, 2.45) is 11.7 Å². The highest BCUT2D eigenvalue weighted by Gasteiger charge is 2.23. The third-order valence-corrected chi connectivity index (χ3v) is 3.70. The van der Waals surface area contributed by atoms with Gasteiger partial charge in [-0.2, -0.15) is 0 Å². The quantitative estimate of drug-likeness (QED) is 0.808. The second-order valence-electron chi connectivity index (χ2n) is 5.25. The molecule has 0 saturated heterocycles. The lowest BCUT2D eigenvalue weighted by Crippen LogP contribution is -2.40. The van der Waals surface area contributed by atoms with Crippen molar-refractivity contribution in [3.63, 3.8) is 0 Å². The molecule has 2 N–H and O–H groups in total. The van der Waals surface area contributed by atoms with Gasteiger partial charge in [0.05, 0.1) is 0 Å². The number of rotatable bonds is 7. The second kappa shape index (κ2) is 7.49. The van der Waals surface area contributed by atoms with Crippen LogP contribution in [0, 0.1) is 5.92 Å².